The molecule has 0 bridgehead atoms. The van der Waals surface area contributed by atoms with Crippen LogP contribution in [0.1, 0.15) is 41.3 Å². The minimum Gasteiger partial charge on any atom is -0.506 e. The molecule has 0 atom stereocenters. The van der Waals surface area contributed by atoms with Crippen LogP contribution in [0.25, 0.3) is 10.9 Å². The van der Waals surface area contributed by atoms with Gasteiger partial charge in [0.15, 0.2) is 5.78 Å². The highest BCUT2D eigenvalue weighted by atomic mass is 16.3. The number of aromatic nitrogens is 1. The maximum absolute atomic E-state index is 11.8. The van der Waals surface area contributed by atoms with E-state index in [1.807, 2.05) is 12.1 Å². The van der Waals surface area contributed by atoms with Gasteiger partial charge in [0.05, 0.1) is 5.52 Å². The molecular weight excluding hydrogens is 242 g/mol. The molecule has 4 heteroatoms. The third-order valence-corrected chi connectivity index (χ3v) is 3.80. The van der Waals surface area contributed by atoms with Crippen molar-refractivity contribution >= 4 is 16.7 Å². The summed E-state index contributed by atoms with van der Waals surface area (Å²) in [5.74, 6) is -0.613. The fourth-order valence-electron chi connectivity index (χ4n) is 2.84. The average molecular weight is 257 g/mol. The van der Waals surface area contributed by atoms with Crippen molar-refractivity contribution in [2.45, 2.75) is 32.6 Å². The van der Waals surface area contributed by atoms with Gasteiger partial charge in [-0.05, 0) is 55.9 Å². The predicted molar refractivity (Wildman–Crippen MR) is 72.9 cm³/mol. The first-order valence-corrected chi connectivity index (χ1v) is 6.49. The van der Waals surface area contributed by atoms with Crippen LogP contribution in [0.5, 0.6) is 5.75 Å². The van der Waals surface area contributed by atoms with Crippen molar-refractivity contribution in [2.75, 3.05) is 0 Å². The molecule has 98 valence electrons. The van der Waals surface area contributed by atoms with Gasteiger partial charge in [-0.2, -0.15) is 0 Å². The number of benzene rings is 1. The second-order valence-corrected chi connectivity index (χ2v) is 5.11. The molecule has 0 unspecified atom stereocenters. The van der Waals surface area contributed by atoms with Gasteiger partial charge in [0.1, 0.15) is 11.3 Å². The summed E-state index contributed by atoms with van der Waals surface area (Å²) in [6, 6.07) is 3.83. The van der Waals surface area contributed by atoms with E-state index >= 15 is 0 Å². The first kappa shape index (κ1) is 12.0. The Hall–Kier alpha value is -2.10. The number of H-pyrrole nitrogens is 1. The summed E-state index contributed by atoms with van der Waals surface area (Å²) in [5, 5.41) is 10.7. The van der Waals surface area contributed by atoms with Gasteiger partial charge in [-0.3, -0.25) is 9.59 Å². The highest BCUT2D eigenvalue weighted by Crippen LogP contribution is 2.31. The predicted octanol–water partition coefficient (Wildman–Crippen LogP) is 2.32. The first-order valence-electron chi connectivity index (χ1n) is 6.49. The maximum atomic E-state index is 11.8. The van der Waals surface area contributed by atoms with Crippen molar-refractivity contribution in [1.29, 1.82) is 0 Å². The van der Waals surface area contributed by atoms with E-state index in [2.05, 4.69) is 4.98 Å². The van der Waals surface area contributed by atoms with Crippen LogP contribution in [0.2, 0.25) is 0 Å². The van der Waals surface area contributed by atoms with Crippen LogP contribution >= 0.6 is 0 Å². The standard InChI is InChI=1S/C15H15NO3/c1-8(17)13-14(18)11-6-9-4-2-3-5-10(9)7-12(11)16-15(13)19/h6-7H,2-5H2,1H3,(H2,16,18,19). The number of aromatic amines is 1. The Morgan fingerprint density at radius 1 is 1.21 bits per heavy atom. The molecule has 0 fully saturated rings. The maximum Gasteiger partial charge on any atom is 0.263 e. The lowest BCUT2D eigenvalue weighted by atomic mass is 9.90. The summed E-state index contributed by atoms with van der Waals surface area (Å²) in [6.07, 6.45) is 4.28. The molecule has 1 aliphatic carbocycles. The molecule has 3 rings (SSSR count). The molecule has 1 aromatic heterocycles. The molecule has 0 radical (unpaired) electrons. The highest BCUT2D eigenvalue weighted by molar-refractivity contribution is 6.02. The van der Waals surface area contributed by atoms with E-state index in [0.29, 0.717) is 10.9 Å². The number of nitrogens with one attached hydrogen (secondary N) is 1. The molecule has 0 amide bonds. The molecule has 1 aromatic carbocycles. The van der Waals surface area contributed by atoms with Gasteiger partial charge in [0.25, 0.3) is 5.56 Å². The number of pyridine rings is 1. The smallest absolute Gasteiger partial charge is 0.263 e. The van der Waals surface area contributed by atoms with Gasteiger partial charge in [-0.15, -0.1) is 0 Å². The van der Waals surface area contributed by atoms with E-state index < -0.39 is 11.3 Å². The Morgan fingerprint density at radius 3 is 2.47 bits per heavy atom. The van der Waals surface area contributed by atoms with Crippen LogP contribution < -0.4 is 5.56 Å². The van der Waals surface area contributed by atoms with Crippen LogP contribution in [0.4, 0.5) is 0 Å². The van der Waals surface area contributed by atoms with E-state index in [9.17, 15) is 14.7 Å². The quantitative estimate of drug-likeness (QED) is 0.770. The molecule has 0 saturated carbocycles. The summed E-state index contributed by atoms with van der Waals surface area (Å²) in [5.41, 5.74) is 2.37. The van der Waals surface area contributed by atoms with Crippen molar-refractivity contribution in [1.82, 2.24) is 4.98 Å². The average Bonchev–Trinajstić information content (AvgIpc) is 2.36. The van der Waals surface area contributed by atoms with Crippen molar-refractivity contribution in [3.05, 3.63) is 39.2 Å². The second kappa shape index (κ2) is 4.23. The van der Waals surface area contributed by atoms with Gasteiger partial charge >= 0.3 is 0 Å². The van der Waals surface area contributed by atoms with Crippen LogP contribution in [0.15, 0.2) is 16.9 Å². The fraction of sp³-hybridized carbons (Fsp3) is 0.333. The van der Waals surface area contributed by atoms with E-state index in [1.54, 1.807) is 0 Å². The van der Waals surface area contributed by atoms with Crippen LogP contribution in [-0.4, -0.2) is 15.9 Å². The SMILES string of the molecule is CC(=O)c1c(O)c2cc3c(cc2[nH]c1=O)CCCC3. The molecule has 1 heterocycles. The Balaban J connectivity index is 2.37. The lowest BCUT2D eigenvalue weighted by molar-refractivity contribution is 0.101. The molecular formula is C15H15NO3. The zero-order valence-electron chi connectivity index (χ0n) is 10.7. The molecule has 4 nitrogen and oxygen atoms in total. The number of aromatic hydroxyl groups is 1. The minimum atomic E-state index is -0.520. The van der Waals surface area contributed by atoms with Gasteiger partial charge in [0.2, 0.25) is 0 Å². The van der Waals surface area contributed by atoms with Gasteiger partial charge in [0, 0.05) is 5.39 Å². The summed E-state index contributed by atoms with van der Waals surface area (Å²) in [4.78, 5) is 26.0. The van der Waals surface area contributed by atoms with Gasteiger partial charge in [-0.25, -0.2) is 0 Å². The van der Waals surface area contributed by atoms with Crippen molar-refractivity contribution in [2.24, 2.45) is 0 Å². The molecule has 1 aliphatic rings. The molecule has 0 aliphatic heterocycles. The van der Waals surface area contributed by atoms with Gasteiger partial charge in [-0.1, -0.05) is 0 Å². The molecule has 0 saturated heterocycles. The summed E-state index contributed by atoms with van der Waals surface area (Å²) < 4.78 is 0. The zero-order valence-corrected chi connectivity index (χ0v) is 10.7. The van der Waals surface area contributed by atoms with Crippen molar-refractivity contribution in [3.63, 3.8) is 0 Å². The number of carbonyl (C=O) groups is 1. The topological polar surface area (TPSA) is 70.2 Å². The molecule has 19 heavy (non-hydrogen) atoms. The van der Waals surface area contributed by atoms with Crippen LogP contribution in [0, 0.1) is 0 Å². The number of hydrogen-bond donors (Lipinski definition) is 2. The fourth-order valence-corrected chi connectivity index (χ4v) is 2.84. The normalized spacial score (nSPS) is 14.4. The van der Waals surface area contributed by atoms with Crippen molar-refractivity contribution in [3.8, 4) is 5.75 Å². The largest absolute Gasteiger partial charge is 0.506 e. The Kier molecular flexibility index (Phi) is 2.66. The highest BCUT2D eigenvalue weighted by Gasteiger charge is 2.18. The monoisotopic (exact) mass is 257 g/mol. The number of aryl methyl sites for hydroxylation is 2. The minimum absolute atomic E-state index is 0.150. The number of fused-ring (bicyclic) bond motifs is 2. The number of ketones is 1. The van der Waals surface area contributed by atoms with Gasteiger partial charge < -0.3 is 10.1 Å². The second-order valence-electron chi connectivity index (χ2n) is 5.11. The number of Topliss-reactive ketones (excluding diaryl/α,β-unsaturated/α-hetero) is 1. The summed E-state index contributed by atoms with van der Waals surface area (Å²) in [7, 11) is 0. The number of hydrogen-bond acceptors (Lipinski definition) is 3. The van der Waals surface area contributed by atoms with E-state index in [1.165, 1.54) is 18.1 Å². The first-order chi connectivity index (χ1) is 9.08. The lowest BCUT2D eigenvalue weighted by Crippen LogP contribution is -2.16. The number of carbonyl (C=O) groups excluding carboxylic acids is 1. The van der Waals surface area contributed by atoms with E-state index in [0.717, 1.165) is 25.7 Å². The Bertz CT molecular complexity index is 743. The molecule has 2 N–H and O–H groups in total. The summed E-state index contributed by atoms with van der Waals surface area (Å²) in [6.45, 7) is 1.29. The lowest BCUT2D eigenvalue weighted by Gasteiger charge is -2.17. The number of rotatable bonds is 1. The third kappa shape index (κ3) is 1.84. The Labute approximate surface area is 110 Å². The zero-order chi connectivity index (χ0) is 13.6. The van der Waals surface area contributed by atoms with E-state index in [4.69, 9.17) is 0 Å². The van der Waals surface area contributed by atoms with Crippen LogP contribution in [0.3, 0.4) is 0 Å². The molecule has 2 aromatic rings. The summed E-state index contributed by atoms with van der Waals surface area (Å²) >= 11 is 0. The Morgan fingerprint density at radius 2 is 1.84 bits per heavy atom. The van der Waals surface area contributed by atoms with Crippen molar-refractivity contribution < 1.29 is 9.90 Å². The van der Waals surface area contributed by atoms with Crippen LogP contribution in [-0.2, 0) is 12.8 Å². The third-order valence-electron chi connectivity index (χ3n) is 3.80. The van der Waals surface area contributed by atoms with E-state index in [-0.39, 0.29) is 11.3 Å². The molecule has 0 spiro atoms.